The van der Waals surface area contributed by atoms with E-state index in [0.717, 1.165) is 41.1 Å². The lowest BCUT2D eigenvalue weighted by atomic mass is 10.1. The number of hydrogen-bond acceptors (Lipinski definition) is 5. The minimum absolute atomic E-state index is 0.174. The van der Waals surface area contributed by atoms with Crippen LogP contribution in [-0.4, -0.2) is 42.5 Å². The van der Waals surface area contributed by atoms with Crippen LogP contribution in [0.25, 0.3) is 0 Å². The highest BCUT2D eigenvalue weighted by Gasteiger charge is 2.21. The van der Waals surface area contributed by atoms with Crippen molar-refractivity contribution in [3.8, 4) is 5.75 Å². The van der Waals surface area contributed by atoms with Crippen LogP contribution in [0.1, 0.15) is 39.8 Å². The molecule has 140 valence electrons. The number of H-pyrrole nitrogens is 1. The van der Waals surface area contributed by atoms with Crippen molar-refractivity contribution in [3.05, 3.63) is 46.3 Å². The van der Waals surface area contributed by atoms with E-state index < -0.39 is 0 Å². The van der Waals surface area contributed by atoms with Gasteiger partial charge in [0.1, 0.15) is 12.4 Å². The summed E-state index contributed by atoms with van der Waals surface area (Å²) in [6.45, 7) is 7.63. The van der Waals surface area contributed by atoms with Gasteiger partial charge in [-0.25, -0.2) is 0 Å². The molecule has 1 amide bonds. The normalized spacial score (nSPS) is 13.3. The summed E-state index contributed by atoms with van der Waals surface area (Å²) in [5, 5.41) is 13.4. The second kappa shape index (κ2) is 8.82. The molecule has 0 saturated heterocycles. The van der Waals surface area contributed by atoms with Crippen molar-refractivity contribution in [2.45, 2.75) is 33.4 Å². The Balaban J connectivity index is 1.63. The summed E-state index contributed by atoms with van der Waals surface area (Å²) in [6.07, 6.45) is 0.866. The van der Waals surface area contributed by atoms with Crippen LogP contribution < -0.4 is 15.4 Å². The SMILES string of the molecule is CCOCCOc1cc(C)ccc1CNC(=O)c1n[nH]c2c1CNCC2. The van der Waals surface area contributed by atoms with Crippen molar-refractivity contribution in [2.24, 2.45) is 0 Å². The van der Waals surface area contributed by atoms with Gasteiger partial charge >= 0.3 is 0 Å². The molecule has 0 fully saturated rings. The first-order valence-electron chi connectivity index (χ1n) is 9.04. The summed E-state index contributed by atoms with van der Waals surface area (Å²) in [7, 11) is 0. The molecule has 0 aliphatic carbocycles. The van der Waals surface area contributed by atoms with Crippen LogP contribution >= 0.6 is 0 Å². The monoisotopic (exact) mass is 358 g/mol. The first-order valence-corrected chi connectivity index (χ1v) is 9.04. The molecular formula is C19H26N4O3. The average Bonchev–Trinajstić information content (AvgIpc) is 3.08. The number of benzene rings is 1. The molecule has 3 N–H and O–H groups in total. The Morgan fingerprint density at radius 2 is 2.23 bits per heavy atom. The molecule has 7 heteroatoms. The molecule has 3 rings (SSSR count). The number of rotatable bonds is 8. The molecule has 2 aromatic rings. The van der Waals surface area contributed by atoms with Crippen LogP contribution in [0.15, 0.2) is 18.2 Å². The molecule has 0 saturated carbocycles. The van der Waals surface area contributed by atoms with Gasteiger partial charge in [0.05, 0.1) is 6.61 Å². The van der Waals surface area contributed by atoms with Crippen LogP contribution in [0.2, 0.25) is 0 Å². The van der Waals surface area contributed by atoms with Crippen LogP contribution in [0.5, 0.6) is 5.75 Å². The van der Waals surface area contributed by atoms with Gasteiger partial charge in [0.25, 0.3) is 5.91 Å². The molecular weight excluding hydrogens is 332 g/mol. The molecule has 1 aromatic heterocycles. The number of hydrogen-bond donors (Lipinski definition) is 3. The van der Waals surface area contributed by atoms with Gasteiger partial charge < -0.3 is 20.1 Å². The van der Waals surface area contributed by atoms with Gasteiger partial charge in [0.2, 0.25) is 0 Å². The minimum atomic E-state index is -0.174. The molecule has 1 aliphatic rings. The average molecular weight is 358 g/mol. The van der Waals surface area contributed by atoms with Gasteiger partial charge in [0, 0.05) is 49.5 Å². The summed E-state index contributed by atoms with van der Waals surface area (Å²) >= 11 is 0. The van der Waals surface area contributed by atoms with Crippen LogP contribution in [-0.2, 0) is 24.2 Å². The van der Waals surface area contributed by atoms with Crippen molar-refractivity contribution in [1.29, 1.82) is 0 Å². The second-order valence-corrected chi connectivity index (χ2v) is 6.30. The molecule has 26 heavy (non-hydrogen) atoms. The maximum atomic E-state index is 12.5. The zero-order valence-corrected chi connectivity index (χ0v) is 15.4. The van der Waals surface area contributed by atoms with Crippen molar-refractivity contribution >= 4 is 5.91 Å². The Morgan fingerprint density at radius 3 is 3.08 bits per heavy atom. The molecule has 7 nitrogen and oxygen atoms in total. The fourth-order valence-electron chi connectivity index (χ4n) is 2.97. The molecule has 0 radical (unpaired) electrons. The van der Waals surface area contributed by atoms with E-state index >= 15 is 0 Å². The number of carbonyl (C=O) groups is 1. The van der Waals surface area contributed by atoms with Gasteiger partial charge in [-0.15, -0.1) is 0 Å². The third-order valence-electron chi connectivity index (χ3n) is 4.37. The number of nitrogens with one attached hydrogen (secondary N) is 3. The first-order chi connectivity index (χ1) is 12.7. The zero-order chi connectivity index (χ0) is 18.4. The summed E-state index contributed by atoms with van der Waals surface area (Å²) in [4.78, 5) is 12.5. The first kappa shape index (κ1) is 18.4. The van der Waals surface area contributed by atoms with E-state index in [0.29, 0.717) is 38.6 Å². The second-order valence-electron chi connectivity index (χ2n) is 6.30. The zero-order valence-electron chi connectivity index (χ0n) is 15.4. The summed E-state index contributed by atoms with van der Waals surface area (Å²) in [5.74, 6) is 0.600. The molecule has 0 atom stereocenters. The van der Waals surface area contributed by atoms with Crippen molar-refractivity contribution < 1.29 is 14.3 Å². The summed E-state index contributed by atoms with van der Waals surface area (Å²) in [6, 6.07) is 5.97. The molecule has 1 aliphatic heterocycles. The highest BCUT2D eigenvalue weighted by atomic mass is 16.5. The van der Waals surface area contributed by atoms with Crippen molar-refractivity contribution in [3.63, 3.8) is 0 Å². The Morgan fingerprint density at radius 1 is 1.35 bits per heavy atom. The van der Waals surface area contributed by atoms with E-state index in [1.54, 1.807) is 0 Å². The quantitative estimate of drug-likeness (QED) is 0.625. The third kappa shape index (κ3) is 4.42. The Hall–Kier alpha value is -2.38. The maximum absolute atomic E-state index is 12.5. The van der Waals surface area contributed by atoms with Crippen LogP contribution in [0.4, 0.5) is 0 Å². The number of amides is 1. The predicted molar refractivity (Wildman–Crippen MR) is 98.3 cm³/mol. The fourth-order valence-corrected chi connectivity index (χ4v) is 2.97. The molecule has 1 aromatic carbocycles. The number of fused-ring (bicyclic) bond motifs is 1. The summed E-state index contributed by atoms with van der Waals surface area (Å²) in [5.41, 5.74) is 4.52. The highest BCUT2D eigenvalue weighted by Crippen LogP contribution is 2.21. The van der Waals surface area contributed by atoms with E-state index in [4.69, 9.17) is 9.47 Å². The Bertz CT molecular complexity index is 757. The molecule has 0 bridgehead atoms. The van der Waals surface area contributed by atoms with E-state index in [1.165, 1.54) is 0 Å². The van der Waals surface area contributed by atoms with E-state index in [-0.39, 0.29) is 5.91 Å². The smallest absolute Gasteiger partial charge is 0.272 e. The minimum Gasteiger partial charge on any atom is -0.491 e. The molecule has 0 spiro atoms. The third-order valence-corrected chi connectivity index (χ3v) is 4.37. The van der Waals surface area contributed by atoms with E-state index in [9.17, 15) is 4.79 Å². The van der Waals surface area contributed by atoms with E-state index in [2.05, 4.69) is 20.8 Å². The summed E-state index contributed by atoms with van der Waals surface area (Å²) < 4.78 is 11.1. The Kier molecular flexibility index (Phi) is 6.25. The standard InChI is InChI=1S/C19H26N4O3/c1-3-25-8-9-26-17-10-13(2)4-5-14(17)11-21-19(24)18-15-12-20-7-6-16(15)22-23-18/h4-5,10,20H,3,6-9,11-12H2,1-2H3,(H,21,24)(H,22,23). The lowest BCUT2D eigenvalue weighted by Crippen LogP contribution is -2.28. The van der Waals surface area contributed by atoms with Crippen LogP contribution in [0, 0.1) is 6.92 Å². The van der Waals surface area contributed by atoms with Gasteiger partial charge in [0.15, 0.2) is 5.69 Å². The maximum Gasteiger partial charge on any atom is 0.272 e. The van der Waals surface area contributed by atoms with Gasteiger partial charge in [-0.2, -0.15) is 5.10 Å². The van der Waals surface area contributed by atoms with Crippen molar-refractivity contribution in [2.75, 3.05) is 26.4 Å². The largest absolute Gasteiger partial charge is 0.491 e. The number of aryl methyl sites for hydroxylation is 1. The van der Waals surface area contributed by atoms with E-state index in [1.807, 2.05) is 32.0 Å². The van der Waals surface area contributed by atoms with Crippen molar-refractivity contribution in [1.82, 2.24) is 20.8 Å². The topological polar surface area (TPSA) is 88.3 Å². The van der Waals surface area contributed by atoms with Gasteiger partial charge in [-0.1, -0.05) is 12.1 Å². The lowest BCUT2D eigenvalue weighted by Gasteiger charge is -2.14. The van der Waals surface area contributed by atoms with Crippen LogP contribution in [0.3, 0.4) is 0 Å². The number of aromatic amines is 1. The molecule has 0 unspecified atom stereocenters. The van der Waals surface area contributed by atoms with Gasteiger partial charge in [-0.3, -0.25) is 9.89 Å². The molecule has 2 heterocycles. The van der Waals surface area contributed by atoms with Gasteiger partial charge in [-0.05, 0) is 25.5 Å². The Labute approximate surface area is 153 Å². The fraction of sp³-hybridized carbons (Fsp3) is 0.474. The number of ether oxygens (including phenoxy) is 2. The predicted octanol–water partition coefficient (Wildman–Crippen LogP) is 1.71. The number of carbonyl (C=O) groups excluding carboxylic acids is 1. The number of nitrogens with zero attached hydrogens (tertiary/aromatic N) is 1. The highest BCUT2D eigenvalue weighted by molar-refractivity contribution is 5.94. The lowest BCUT2D eigenvalue weighted by molar-refractivity contribution is 0.0943. The number of aromatic nitrogens is 2.